The van der Waals surface area contributed by atoms with Crippen LogP contribution in [0, 0.1) is 11.7 Å². The summed E-state index contributed by atoms with van der Waals surface area (Å²) in [6.07, 6.45) is 1.89. The van der Waals surface area contributed by atoms with E-state index in [1.807, 2.05) is 25.1 Å². The Hall–Kier alpha value is -3.34. The summed E-state index contributed by atoms with van der Waals surface area (Å²) in [6, 6.07) is 17.0. The van der Waals surface area contributed by atoms with Crippen LogP contribution in [-0.2, 0) is 28.0 Å². The summed E-state index contributed by atoms with van der Waals surface area (Å²) in [5, 5.41) is 0. The topological polar surface area (TPSA) is 44.8 Å². The number of fused-ring (bicyclic) bond motifs is 1. The number of halogens is 1. The maximum Gasteiger partial charge on any atom is 0.308 e. The van der Waals surface area contributed by atoms with E-state index in [2.05, 4.69) is 39.0 Å². The van der Waals surface area contributed by atoms with Gasteiger partial charge in [0, 0.05) is 5.56 Å². The van der Waals surface area contributed by atoms with Crippen LogP contribution in [0.25, 0.3) is 11.1 Å². The third-order valence-corrected chi connectivity index (χ3v) is 7.18. The van der Waals surface area contributed by atoms with E-state index in [0.717, 1.165) is 35.3 Å². The van der Waals surface area contributed by atoms with Crippen molar-refractivity contribution in [2.75, 3.05) is 14.2 Å². The molecule has 0 aliphatic heterocycles. The number of ether oxygens (including phenoxy) is 3. The number of hydrogen-bond donors (Lipinski definition) is 0. The number of rotatable bonds is 7. The first-order valence-corrected chi connectivity index (χ1v) is 12.4. The minimum absolute atomic E-state index is 0.139. The molecule has 3 aromatic carbocycles. The maximum atomic E-state index is 14.8. The molecular weight excluding hydrogens is 455 g/mol. The fraction of sp³-hybridized carbons (Fsp3) is 0.387. The van der Waals surface area contributed by atoms with Crippen LogP contribution in [0.15, 0.2) is 54.6 Å². The van der Waals surface area contributed by atoms with E-state index < -0.39 is 0 Å². The Morgan fingerprint density at radius 3 is 2.44 bits per heavy atom. The third-order valence-electron chi connectivity index (χ3n) is 7.18. The highest BCUT2D eigenvalue weighted by Gasteiger charge is 2.32. The molecule has 4 rings (SSSR count). The van der Waals surface area contributed by atoms with Gasteiger partial charge in [-0.15, -0.1) is 0 Å². The normalized spacial score (nSPS) is 15.8. The van der Waals surface area contributed by atoms with Crippen molar-refractivity contribution < 1.29 is 23.4 Å². The number of carbonyl (C=O) groups excluding carboxylic acids is 1. The fourth-order valence-corrected chi connectivity index (χ4v) is 5.11. The standard InChI is InChI=1S/C31H35FO4/c1-19(30(33)35-6)24-13-9-21-8-10-23(17-26(21)24)36-18-20-7-12-25(28(15-20)31(2,3)4)27-16-22(34-5)11-14-29(27)32/h7-8,10-12,14-17,19,24H,9,13,18H2,1-6H3/t19-,24+/m1/s1. The van der Waals surface area contributed by atoms with E-state index >= 15 is 0 Å². The second-order valence-corrected chi connectivity index (χ2v) is 10.6. The van der Waals surface area contributed by atoms with Crippen LogP contribution in [-0.4, -0.2) is 20.2 Å². The molecule has 0 aromatic heterocycles. The van der Waals surface area contributed by atoms with Gasteiger partial charge >= 0.3 is 5.97 Å². The molecule has 3 aromatic rings. The maximum absolute atomic E-state index is 14.8. The number of aryl methyl sites for hydroxylation is 1. The molecule has 5 heteroatoms. The summed E-state index contributed by atoms with van der Waals surface area (Å²) >= 11 is 0. The fourth-order valence-electron chi connectivity index (χ4n) is 5.11. The molecule has 1 aliphatic rings. The molecule has 0 radical (unpaired) electrons. The molecule has 0 unspecified atom stereocenters. The van der Waals surface area contributed by atoms with E-state index in [1.165, 1.54) is 24.3 Å². The number of methoxy groups -OCH3 is 2. The molecule has 0 saturated heterocycles. The van der Waals surface area contributed by atoms with E-state index in [4.69, 9.17) is 14.2 Å². The Morgan fingerprint density at radius 1 is 1.00 bits per heavy atom. The molecule has 36 heavy (non-hydrogen) atoms. The van der Waals surface area contributed by atoms with Gasteiger partial charge in [0.1, 0.15) is 23.9 Å². The van der Waals surface area contributed by atoms with Crippen molar-refractivity contribution in [2.24, 2.45) is 5.92 Å². The average molecular weight is 491 g/mol. The summed E-state index contributed by atoms with van der Waals surface area (Å²) in [4.78, 5) is 12.1. The Bertz CT molecular complexity index is 1260. The molecule has 1 aliphatic carbocycles. The average Bonchev–Trinajstić information content (AvgIpc) is 3.29. The Labute approximate surface area is 213 Å². The SMILES string of the molecule is COC(=O)[C@H](C)[C@@H]1CCc2ccc(OCc3ccc(-c4cc(OC)ccc4F)c(C(C)(C)C)c3)cc21. The second kappa shape index (κ2) is 10.3. The van der Waals surface area contributed by atoms with E-state index in [-0.39, 0.29) is 29.0 Å². The summed E-state index contributed by atoms with van der Waals surface area (Å²) < 4.78 is 31.3. The molecular formula is C31H35FO4. The van der Waals surface area contributed by atoms with Gasteiger partial charge in [0.25, 0.3) is 0 Å². The van der Waals surface area contributed by atoms with Crippen LogP contribution in [0.4, 0.5) is 4.39 Å². The van der Waals surface area contributed by atoms with Crippen LogP contribution in [0.2, 0.25) is 0 Å². The zero-order valence-electron chi connectivity index (χ0n) is 22.0. The number of benzene rings is 3. The van der Waals surface area contributed by atoms with Crippen LogP contribution in [0.1, 0.15) is 62.3 Å². The molecule has 0 saturated carbocycles. The van der Waals surface area contributed by atoms with Crippen LogP contribution >= 0.6 is 0 Å². The largest absolute Gasteiger partial charge is 0.497 e. The first-order valence-electron chi connectivity index (χ1n) is 12.4. The van der Waals surface area contributed by atoms with Crippen LogP contribution in [0.5, 0.6) is 11.5 Å². The molecule has 0 amide bonds. The van der Waals surface area contributed by atoms with Gasteiger partial charge in [0.15, 0.2) is 0 Å². The Kier molecular flexibility index (Phi) is 7.39. The van der Waals surface area contributed by atoms with Gasteiger partial charge in [-0.3, -0.25) is 4.79 Å². The van der Waals surface area contributed by atoms with Crippen LogP contribution < -0.4 is 9.47 Å². The van der Waals surface area contributed by atoms with Crippen LogP contribution in [0.3, 0.4) is 0 Å². The molecule has 190 valence electrons. The van der Waals surface area contributed by atoms with Crippen molar-refractivity contribution in [3.63, 3.8) is 0 Å². The number of esters is 1. The lowest BCUT2D eigenvalue weighted by Gasteiger charge is -2.25. The predicted octanol–water partition coefficient (Wildman–Crippen LogP) is 7.22. The summed E-state index contributed by atoms with van der Waals surface area (Å²) in [5.74, 6) is 0.889. The molecule has 0 spiro atoms. The molecule has 0 heterocycles. The van der Waals surface area contributed by atoms with Gasteiger partial charge in [-0.25, -0.2) is 4.39 Å². The van der Waals surface area contributed by atoms with Gasteiger partial charge in [-0.2, -0.15) is 0 Å². The van der Waals surface area contributed by atoms with Gasteiger partial charge in [-0.05, 0) is 82.3 Å². The molecule has 0 bridgehead atoms. The van der Waals surface area contributed by atoms with Crippen molar-refractivity contribution in [3.05, 3.63) is 82.7 Å². The number of hydrogen-bond acceptors (Lipinski definition) is 4. The summed E-state index contributed by atoms with van der Waals surface area (Å²) in [7, 11) is 3.02. The van der Waals surface area contributed by atoms with E-state index in [9.17, 15) is 9.18 Å². The lowest BCUT2D eigenvalue weighted by molar-refractivity contribution is -0.145. The van der Waals surface area contributed by atoms with Crippen molar-refractivity contribution in [1.82, 2.24) is 0 Å². The minimum atomic E-state index is -0.279. The first kappa shape index (κ1) is 25.7. The highest BCUT2D eigenvalue weighted by Crippen LogP contribution is 2.41. The zero-order valence-corrected chi connectivity index (χ0v) is 22.0. The highest BCUT2D eigenvalue weighted by molar-refractivity contribution is 5.73. The smallest absolute Gasteiger partial charge is 0.308 e. The van der Waals surface area contributed by atoms with Gasteiger partial charge in [0.2, 0.25) is 0 Å². The minimum Gasteiger partial charge on any atom is -0.497 e. The van der Waals surface area contributed by atoms with E-state index in [1.54, 1.807) is 19.2 Å². The predicted molar refractivity (Wildman–Crippen MR) is 140 cm³/mol. The molecule has 4 nitrogen and oxygen atoms in total. The van der Waals surface area contributed by atoms with Crippen molar-refractivity contribution >= 4 is 5.97 Å². The third kappa shape index (κ3) is 5.25. The first-order chi connectivity index (χ1) is 17.1. The summed E-state index contributed by atoms with van der Waals surface area (Å²) in [6.45, 7) is 8.69. The van der Waals surface area contributed by atoms with Gasteiger partial charge in [-0.1, -0.05) is 52.0 Å². The summed E-state index contributed by atoms with van der Waals surface area (Å²) in [5.41, 5.74) is 5.65. The highest BCUT2D eigenvalue weighted by atomic mass is 19.1. The van der Waals surface area contributed by atoms with Crippen molar-refractivity contribution in [3.8, 4) is 22.6 Å². The molecule has 0 fully saturated rings. The van der Waals surface area contributed by atoms with Crippen molar-refractivity contribution in [2.45, 2.75) is 58.5 Å². The quantitative estimate of drug-likeness (QED) is 0.328. The Balaban J connectivity index is 1.59. The Morgan fingerprint density at radius 2 is 1.75 bits per heavy atom. The monoisotopic (exact) mass is 490 g/mol. The molecule has 2 atom stereocenters. The lowest BCUT2D eigenvalue weighted by Crippen LogP contribution is -2.19. The van der Waals surface area contributed by atoms with Gasteiger partial charge in [0.05, 0.1) is 20.1 Å². The van der Waals surface area contributed by atoms with Gasteiger partial charge < -0.3 is 14.2 Å². The lowest BCUT2D eigenvalue weighted by atomic mass is 9.81. The second-order valence-electron chi connectivity index (χ2n) is 10.6. The molecule has 0 N–H and O–H groups in total. The zero-order chi connectivity index (χ0) is 26.0. The number of carbonyl (C=O) groups is 1. The van der Waals surface area contributed by atoms with Crippen molar-refractivity contribution in [1.29, 1.82) is 0 Å². The van der Waals surface area contributed by atoms with E-state index in [0.29, 0.717) is 17.9 Å².